The molecule has 4 aromatic carbocycles. The third-order valence-electron chi connectivity index (χ3n) is 5.69. The second-order valence-corrected chi connectivity index (χ2v) is 9.46. The molecule has 1 heterocycles. The number of ether oxygens (including phenoxy) is 2. The zero-order chi connectivity index (χ0) is 24.9. The van der Waals surface area contributed by atoms with Crippen molar-refractivity contribution in [2.45, 2.75) is 20.5 Å². The molecule has 4 aromatic rings. The maximum Gasteiger partial charge on any atom is 0.264 e. The van der Waals surface area contributed by atoms with Crippen LogP contribution in [0.3, 0.4) is 0 Å². The van der Waals surface area contributed by atoms with Crippen LogP contribution in [0.15, 0.2) is 94.8 Å². The van der Waals surface area contributed by atoms with E-state index in [1.165, 1.54) is 22.5 Å². The van der Waals surface area contributed by atoms with Gasteiger partial charge in [-0.3, -0.25) is 4.79 Å². The number of fused-ring (bicyclic) bond motifs is 1. The molecule has 0 unspecified atom stereocenters. The Morgan fingerprint density at radius 2 is 1.69 bits per heavy atom. The van der Waals surface area contributed by atoms with Crippen molar-refractivity contribution < 1.29 is 14.3 Å². The lowest BCUT2D eigenvalue weighted by molar-refractivity contribution is -0.115. The Morgan fingerprint density at radius 3 is 2.50 bits per heavy atom. The van der Waals surface area contributed by atoms with Crippen LogP contribution in [0.5, 0.6) is 11.5 Å². The van der Waals surface area contributed by atoms with Crippen molar-refractivity contribution in [2.24, 2.45) is 4.99 Å². The fourth-order valence-corrected chi connectivity index (χ4v) is 4.70. The summed E-state index contributed by atoms with van der Waals surface area (Å²) in [6.07, 6.45) is 1.84. The van der Waals surface area contributed by atoms with E-state index in [0.717, 1.165) is 22.4 Å². The lowest BCUT2D eigenvalue weighted by atomic mass is 10.1. The highest BCUT2D eigenvalue weighted by Crippen LogP contribution is 2.33. The summed E-state index contributed by atoms with van der Waals surface area (Å²) >= 11 is 1.32. The number of nitrogens with one attached hydrogen (secondary N) is 1. The molecular formula is C30H26N2O3S. The first-order chi connectivity index (χ1) is 17.6. The summed E-state index contributed by atoms with van der Waals surface area (Å²) in [6, 6.07) is 28.2. The van der Waals surface area contributed by atoms with Gasteiger partial charge in [0, 0.05) is 0 Å². The van der Waals surface area contributed by atoms with E-state index in [0.29, 0.717) is 34.8 Å². The highest BCUT2D eigenvalue weighted by molar-refractivity contribution is 8.18. The molecule has 36 heavy (non-hydrogen) atoms. The van der Waals surface area contributed by atoms with Gasteiger partial charge in [0.05, 0.1) is 17.2 Å². The molecular weight excluding hydrogens is 468 g/mol. The minimum atomic E-state index is -0.166. The molecule has 0 saturated carbocycles. The molecule has 6 heteroatoms. The van der Waals surface area contributed by atoms with Gasteiger partial charge in [0.25, 0.3) is 5.91 Å². The number of carbonyl (C=O) groups excluding carboxylic acids is 1. The van der Waals surface area contributed by atoms with Crippen molar-refractivity contribution in [3.05, 3.63) is 107 Å². The number of benzene rings is 4. The number of hydrogen-bond acceptors (Lipinski definition) is 5. The average Bonchev–Trinajstić information content (AvgIpc) is 3.23. The van der Waals surface area contributed by atoms with Crippen LogP contribution in [0.2, 0.25) is 0 Å². The van der Waals surface area contributed by atoms with Crippen molar-refractivity contribution in [2.75, 3.05) is 6.61 Å². The monoisotopic (exact) mass is 494 g/mol. The molecule has 5 nitrogen and oxygen atoms in total. The number of amides is 1. The molecule has 0 aromatic heterocycles. The lowest BCUT2D eigenvalue weighted by Crippen LogP contribution is -2.19. The zero-order valence-electron chi connectivity index (χ0n) is 20.2. The molecule has 0 aliphatic carbocycles. The van der Waals surface area contributed by atoms with Crippen LogP contribution in [-0.4, -0.2) is 17.7 Å². The Kier molecular flexibility index (Phi) is 7.05. The van der Waals surface area contributed by atoms with Gasteiger partial charge < -0.3 is 14.8 Å². The first-order valence-electron chi connectivity index (χ1n) is 11.8. The number of carbonyl (C=O) groups is 1. The van der Waals surface area contributed by atoms with Gasteiger partial charge in [-0.05, 0) is 83.9 Å². The van der Waals surface area contributed by atoms with Gasteiger partial charge in [0.1, 0.15) is 6.61 Å². The summed E-state index contributed by atoms with van der Waals surface area (Å²) in [6.45, 7) is 4.91. The minimum Gasteiger partial charge on any atom is -0.490 e. The second kappa shape index (κ2) is 10.7. The van der Waals surface area contributed by atoms with Crippen molar-refractivity contribution in [3.63, 3.8) is 0 Å². The molecule has 1 fully saturated rings. The Hall–Kier alpha value is -4.03. The number of aryl methyl sites for hydroxylation is 1. The number of hydrogen-bond donors (Lipinski definition) is 1. The third-order valence-corrected chi connectivity index (χ3v) is 6.60. The number of amidine groups is 1. The highest BCUT2D eigenvalue weighted by atomic mass is 32.2. The van der Waals surface area contributed by atoms with Crippen LogP contribution in [0.25, 0.3) is 16.8 Å². The van der Waals surface area contributed by atoms with E-state index in [-0.39, 0.29) is 5.91 Å². The topological polar surface area (TPSA) is 59.9 Å². The predicted molar refractivity (Wildman–Crippen MR) is 148 cm³/mol. The summed E-state index contributed by atoms with van der Waals surface area (Å²) in [5, 5.41) is 5.79. The molecule has 1 aliphatic rings. The Labute approximate surface area is 214 Å². The van der Waals surface area contributed by atoms with E-state index < -0.39 is 0 Å². The molecule has 5 rings (SSSR count). The Balaban J connectivity index is 1.32. The maximum atomic E-state index is 12.5. The Morgan fingerprint density at radius 1 is 0.889 bits per heavy atom. The van der Waals surface area contributed by atoms with Crippen molar-refractivity contribution in [1.82, 2.24) is 5.32 Å². The summed E-state index contributed by atoms with van der Waals surface area (Å²) in [4.78, 5) is 17.6. The van der Waals surface area contributed by atoms with Crippen LogP contribution < -0.4 is 14.8 Å². The number of rotatable bonds is 7. The van der Waals surface area contributed by atoms with Gasteiger partial charge in [-0.2, -0.15) is 0 Å². The van der Waals surface area contributed by atoms with Crippen LogP contribution in [0.1, 0.15) is 23.6 Å². The van der Waals surface area contributed by atoms with Gasteiger partial charge >= 0.3 is 0 Å². The van der Waals surface area contributed by atoms with Crippen molar-refractivity contribution in [1.29, 1.82) is 0 Å². The molecule has 1 amide bonds. The molecule has 1 aliphatic heterocycles. The standard InChI is InChI=1S/C30H26N2O3S/c1-3-34-27-17-21(18-28-29(33)32-30(36-28)31-25-13-8-20(2)9-14-25)11-15-26(27)35-19-22-10-12-23-6-4-5-7-24(23)16-22/h4-18H,3,19H2,1-2H3,(H,31,32,33)/b28-18+. The molecule has 1 N–H and O–H groups in total. The first kappa shape index (κ1) is 23.7. The van der Waals surface area contributed by atoms with E-state index in [4.69, 9.17) is 9.47 Å². The average molecular weight is 495 g/mol. The van der Waals surface area contributed by atoms with Crippen LogP contribution in [0, 0.1) is 6.92 Å². The minimum absolute atomic E-state index is 0.166. The zero-order valence-corrected chi connectivity index (χ0v) is 21.0. The summed E-state index contributed by atoms with van der Waals surface area (Å²) in [5.74, 6) is 1.14. The number of nitrogens with zero attached hydrogens (tertiary/aromatic N) is 1. The summed E-state index contributed by atoms with van der Waals surface area (Å²) in [7, 11) is 0. The maximum absolute atomic E-state index is 12.5. The molecule has 180 valence electrons. The molecule has 0 spiro atoms. The predicted octanol–water partition coefficient (Wildman–Crippen LogP) is 7.02. The molecule has 0 radical (unpaired) electrons. The van der Waals surface area contributed by atoms with Crippen LogP contribution >= 0.6 is 11.8 Å². The quantitative estimate of drug-likeness (QED) is 0.281. The van der Waals surface area contributed by atoms with E-state index in [2.05, 4.69) is 40.6 Å². The van der Waals surface area contributed by atoms with Gasteiger partial charge in [0.15, 0.2) is 16.7 Å². The fourth-order valence-electron chi connectivity index (χ4n) is 3.86. The molecule has 0 atom stereocenters. The fraction of sp³-hybridized carbons (Fsp3) is 0.133. The number of aliphatic imine (C=N–C) groups is 1. The van der Waals surface area contributed by atoms with E-state index in [1.807, 2.05) is 74.5 Å². The largest absolute Gasteiger partial charge is 0.490 e. The van der Waals surface area contributed by atoms with Crippen molar-refractivity contribution >= 4 is 45.4 Å². The summed E-state index contributed by atoms with van der Waals surface area (Å²) in [5.41, 5.74) is 3.90. The van der Waals surface area contributed by atoms with Gasteiger partial charge in [-0.15, -0.1) is 0 Å². The van der Waals surface area contributed by atoms with Crippen LogP contribution in [0.4, 0.5) is 5.69 Å². The van der Waals surface area contributed by atoms with Gasteiger partial charge in [0.2, 0.25) is 0 Å². The number of thioether (sulfide) groups is 1. The third kappa shape index (κ3) is 5.61. The second-order valence-electron chi connectivity index (χ2n) is 8.43. The summed E-state index contributed by atoms with van der Waals surface area (Å²) < 4.78 is 12.0. The van der Waals surface area contributed by atoms with Crippen molar-refractivity contribution in [3.8, 4) is 11.5 Å². The lowest BCUT2D eigenvalue weighted by Gasteiger charge is -2.13. The van der Waals surface area contributed by atoms with Gasteiger partial charge in [-0.25, -0.2) is 4.99 Å². The first-order valence-corrected chi connectivity index (χ1v) is 12.6. The SMILES string of the molecule is CCOc1cc(/C=C2/SC(=Nc3ccc(C)cc3)NC2=O)ccc1OCc1ccc2ccccc2c1. The normalized spacial score (nSPS) is 15.4. The Bertz CT molecular complexity index is 1480. The van der Waals surface area contributed by atoms with E-state index >= 15 is 0 Å². The van der Waals surface area contributed by atoms with Gasteiger partial charge in [-0.1, -0.05) is 60.2 Å². The smallest absolute Gasteiger partial charge is 0.264 e. The molecule has 0 bridgehead atoms. The molecule has 1 saturated heterocycles. The van der Waals surface area contributed by atoms with E-state index in [9.17, 15) is 4.79 Å². The van der Waals surface area contributed by atoms with E-state index in [1.54, 1.807) is 0 Å². The highest BCUT2D eigenvalue weighted by Gasteiger charge is 2.24. The van der Waals surface area contributed by atoms with Crippen LogP contribution in [-0.2, 0) is 11.4 Å².